The molecule has 0 spiro atoms. The van der Waals surface area contributed by atoms with Gasteiger partial charge in [-0.3, -0.25) is 14.5 Å². The average Bonchev–Trinajstić information content (AvgIpc) is 3.26. The fourth-order valence-corrected chi connectivity index (χ4v) is 4.65. The number of halogens is 1. The van der Waals surface area contributed by atoms with Crippen LogP contribution in [0.4, 0.5) is 9.18 Å². The lowest BCUT2D eigenvalue weighted by molar-refractivity contribution is -0.130. The third-order valence-electron chi connectivity index (χ3n) is 6.43. The van der Waals surface area contributed by atoms with Gasteiger partial charge in [0.25, 0.3) is 5.91 Å². The maximum Gasteiger partial charge on any atom is 0.325 e. The summed E-state index contributed by atoms with van der Waals surface area (Å²) in [6, 6.07) is 21.8. The van der Waals surface area contributed by atoms with Crippen LogP contribution in [0.1, 0.15) is 22.8 Å². The minimum absolute atomic E-state index is 0.345. The maximum atomic E-state index is 13.7. The summed E-state index contributed by atoms with van der Waals surface area (Å²) in [5, 5.41) is 3.42. The predicted molar refractivity (Wildman–Crippen MR) is 127 cm³/mol. The monoisotopic (exact) mass is 455 g/mol. The number of carbonyl (C=O) groups excluding carboxylic acids is 3. The Morgan fingerprint density at radius 3 is 2.29 bits per heavy atom. The molecule has 4 aromatic rings. The van der Waals surface area contributed by atoms with E-state index in [2.05, 4.69) is 5.32 Å². The smallest absolute Gasteiger partial charge is 0.325 e. The molecule has 0 unspecified atom stereocenters. The van der Waals surface area contributed by atoms with Crippen LogP contribution in [0.5, 0.6) is 0 Å². The van der Waals surface area contributed by atoms with E-state index in [1.165, 1.54) is 24.3 Å². The molecule has 2 heterocycles. The van der Waals surface area contributed by atoms with Crippen LogP contribution in [0.3, 0.4) is 0 Å². The highest BCUT2D eigenvalue weighted by Gasteiger charge is 2.49. The highest BCUT2D eigenvalue weighted by Crippen LogP contribution is 2.34. The topological polar surface area (TPSA) is 71.4 Å². The zero-order valence-electron chi connectivity index (χ0n) is 18.7. The molecule has 0 bridgehead atoms. The van der Waals surface area contributed by atoms with E-state index in [1.807, 2.05) is 66.2 Å². The minimum Gasteiger partial charge on any atom is -0.343 e. The summed E-state index contributed by atoms with van der Waals surface area (Å²) in [6.45, 7) is 1.15. The van der Waals surface area contributed by atoms with Crippen LogP contribution in [0, 0.1) is 5.82 Å². The zero-order chi connectivity index (χ0) is 24.0. The Kier molecular flexibility index (Phi) is 5.05. The van der Waals surface area contributed by atoms with Gasteiger partial charge in [-0.05, 0) is 36.2 Å². The number of nitrogens with one attached hydrogen (secondary N) is 1. The average molecular weight is 455 g/mol. The van der Waals surface area contributed by atoms with Crippen molar-refractivity contribution in [2.24, 2.45) is 7.05 Å². The molecule has 0 saturated carbocycles. The summed E-state index contributed by atoms with van der Waals surface area (Å²) in [6.07, 6.45) is 0. The molecule has 5 rings (SSSR count). The Bertz CT molecular complexity index is 1440. The second-order valence-electron chi connectivity index (χ2n) is 8.54. The number of hydrogen-bond acceptors (Lipinski definition) is 3. The van der Waals surface area contributed by atoms with E-state index in [0.717, 1.165) is 27.1 Å². The van der Waals surface area contributed by atoms with Crippen LogP contribution in [0.25, 0.3) is 22.2 Å². The number of aryl methyl sites for hydroxylation is 1. The highest BCUT2D eigenvalue weighted by atomic mass is 19.1. The number of hydrogen-bond donors (Lipinski definition) is 1. The van der Waals surface area contributed by atoms with Gasteiger partial charge in [-0.25, -0.2) is 9.18 Å². The van der Waals surface area contributed by atoms with E-state index in [-0.39, 0.29) is 5.78 Å². The molecular weight excluding hydrogens is 433 g/mol. The Labute approximate surface area is 195 Å². The number of Topliss-reactive ketones (excluding diaryl/α,β-unsaturated/α-hetero) is 1. The number of rotatable bonds is 5. The van der Waals surface area contributed by atoms with Crippen molar-refractivity contribution in [2.45, 2.75) is 12.5 Å². The molecule has 1 aromatic heterocycles. The second-order valence-corrected chi connectivity index (χ2v) is 8.54. The molecule has 1 fully saturated rings. The number of imide groups is 1. The first-order valence-corrected chi connectivity index (χ1v) is 10.9. The Balaban J connectivity index is 1.54. The number of fused-ring (bicyclic) bond motifs is 1. The lowest BCUT2D eigenvalue weighted by Crippen LogP contribution is -2.41. The SMILES string of the molecule is Cn1c(-c2ccccc2)c(C(=O)CN2C(=O)N[C@@](C)(c3ccc(F)cc3)C2=O)c2ccccc21. The second kappa shape index (κ2) is 7.95. The zero-order valence-corrected chi connectivity index (χ0v) is 18.7. The molecule has 1 aliphatic heterocycles. The Hall–Kier alpha value is -4.26. The number of para-hydroxylation sites is 1. The van der Waals surface area contributed by atoms with Crippen LogP contribution in [0.2, 0.25) is 0 Å². The van der Waals surface area contributed by atoms with E-state index >= 15 is 0 Å². The van der Waals surface area contributed by atoms with E-state index in [0.29, 0.717) is 11.1 Å². The first-order valence-electron chi connectivity index (χ1n) is 10.9. The minimum atomic E-state index is -1.38. The van der Waals surface area contributed by atoms with Crippen molar-refractivity contribution in [3.63, 3.8) is 0 Å². The fourth-order valence-electron chi connectivity index (χ4n) is 4.65. The number of benzene rings is 3. The van der Waals surface area contributed by atoms with Crippen molar-refractivity contribution in [3.8, 4) is 11.3 Å². The van der Waals surface area contributed by atoms with Crippen LogP contribution >= 0.6 is 0 Å². The summed E-state index contributed by atoms with van der Waals surface area (Å²) in [5.41, 5.74) is 1.97. The van der Waals surface area contributed by atoms with E-state index in [1.54, 1.807) is 6.92 Å². The molecule has 1 aliphatic rings. The quantitative estimate of drug-likeness (QED) is 0.352. The molecule has 0 aliphatic carbocycles. The van der Waals surface area contributed by atoms with Gasteiger partial charge in [-0.2, -0.15) is 0 Å². The van der Waals surface area contributed by atoms with Gasteiger partial charge in [-0.15, -0.1) is 0 Å². The molecule has 1 N–H and O–H groups in total. The molecule has 34 heavy (non-hydrogen) atoms. The summed E-state index contributed by atoms with van der Waals surface area (Å²) in [5.74, 6) is -1.35. The first-order chi connectivity index (χ1) is 16.3. The largest absolute Gasteiger partial charge is 0.343 e. The fraction of sp³-hybridized carbons (Fsp3) is 0.148. The summed E-state index contributed by atoms with van der Waals surface area (Å²) in [4.78, 5) is 40.7. The van der Waals surface area contributed by atoms with Crippen molar-refractivity contribution in [1.29, 1.82) is 0 Å². The number of aromatic nitrogens is 1. The number of nitrogens with zero attached hydrogens (tertiary/aromatic N) is 2. The van der Waals surface area contributed by atoms with Gasteiger partial charge in [0.1, 0.15) is 11.4 Å². The standard InChI is InChI=1S/C27H22FN3O3/c1-27(18-12-14-19(28)15-13-18)25(33)31(26(34)29-27)16-22(32)23-20-10-6-7-11-21(20)30(2)24(23)17-8-4-3-5-9-17/h3-15H,16H2,1-2H3,(H,29,34)/t27-/m0/s1. The van der Waals surface area contributed by atoms with Crippen molar-refractivity contribution in [2.75, 3.05) is 6.54 Å². The number of urea groups is 1. The van der Waals surface area contributed by atoms with Crippen LogP contribution < -0.4 is 5.32 Å². The normalized spacial score (nSPS) is 17.9. The molecule has 7 heteroatoms. The summed E-state index contributed by atoms with van der Waals surface area (Å²) >= 11 is 0. The van der Waals surface area contributed by atoms with E-state index in [4.69, 9.17) is 0 Å². The number of carbonyl (C=O) groups is 3. The summed E-state index contributed by atoms with van der Waals surface area (Å²) in [7, 11) is 1.89. The van der Waals surface area contributed by atoms with E-state index < -0.39 is 29.8 Å². The number of amides is 3. The molecule has 1 saturated heterocycles. The van der Waals surface area contributed by atoms with Gasteiger partial charge < -0.3 is 9.88 Å². The molecule has 0 radical (unpaired) electrons. The molecule has 3 amide bonds. The van der Waals surface area contributed by atoms with Gasteiger partial charge in [0.2, 0.25) is 0 Å². The summed E-state index contributed by atoms with van der Waals surface area (Å²) < 4.78 is 15.3. The van der Waals surface area contributed by atoms with Crippen molar-refractivity contribution in [3.05, 3.63) is 95.8 Å². The van der Waals surface area contributed by atoms with Crippen LogP contribution in [-0.2, 0) is 17.4 Å². The van der Waals surface area contributed by atoms with Crippen molar-refractivity contribution < 1.29 is 18.8 Å². The van der Waals surface area contributed by atoms with Crippen molar-refractivity contribution >= 4 is 28.6 Å². The number of ketones is 1. The van der Waals surface area contributed by atoms with Crippen LogP contribution in [-0.4, -0.2) is 33.7 Å². The van der Waals surface area contributed by atoms with Gasteiger partial charge in [-0.1, -0.05) is 60.7 Å². The van der Waals surface area contributed by atoms with E-state index in [9.17, 15) is 18.8 Å². The highest BCUT2D eigenvalue weighted by molar-refractivity contribution is 6.17. The lowest BCUT2D eigenvalue weighted by Gasteiger charge is -2.22. The molecule has 3 aromatic carbocycles. The molecule has 170 valence electrons. The molecule has 6 nitrogen and oxygen atoms in total. The van der Waals surface area contributed by atoms with Gasteiger partial charge >= 0.3 is 6.03 Å². The van der Waals surface area contributed by atoms with Crippen LogP contribution in [0.15, 0.2) is 78.9 Å². The third-order valence-corrected chi connectivity index (χ3v) is 6.43. The van der Waals surface area contributed by atoms with Crippen molar-refractivity contribution in [1.82, 2.24) is 14.8 Å². The van der Waals surface area contributed by atoms with Gasteiger partial charge in [0.05, 0.1) is 17.8 Å². The first kappa shape index (κ1) is 21.6. The predicted octanol–water partition coefficient (Wildman–Crippen LogP) is 4.63. The van der Waals surface area contributed by atoms with Gasteiger partial charge in [0, 0.05) is 18.0 Å². The molecular formula is C27H22FN3O3. The Morgan fingerprint density at radius 1 is 0.941 bits per heavy atom. The third kappa shape index (κ3) is 3.28. The van der Waals surface area contributed by atoms with Gasteiger partial charge in [0.15, 0.2) is 5.78 Å². The Morgan fingerprint density at radius 2 is 1.59 bits per heavy atom. The lowest BCUT2D eigenvalue weighted by atomic mass is 9.92. The maximum absolute atomic E-state index is 13.7. The molecule has 1 atom stereocenters.